The van der Waals surface area contributed by atoms with Crippen LogP contribution in [0.4, 0.5) is 0 Å². The van der Waals surface area contributed by atoms with Crippen LogP contribution in [0.5, 0.6) is 5.75 Å². The summed E-state index contributed by atoms with van der Waals surface area (Å²) >= 11 is 8.60. The molecule has 0 radical (unpaired) electrons. The summed E-state index contributed by atoms with van der Waals surface area (Å²) in [7, 11) is 0. The second kappa shape index (κ2) is 6.07. The Morgan fingerprint density at radius 1 is 0.815 bits per heavy atom. The highest BCUT2D eigenvalue weighted by molar-refractivity contribution is 7.80. The number of fused-ring (bicyclic) bond motifs is 1. The van der Waals surface area contributed by atoms with E-state index < -0.39 is 21.5 Å². The minimum absolute atomic E-state index is 0.0135. The summed E-state index contributed by atoms with van der Waals surface area (Å²) in [5, 5.41) is 17.2. The van der Waals surface area contributed by atoms with E-state index in [1.807, 2.05) is 0 Å². The molecule has 0 amide bonds. The molecule has 0 heterocycles. The number of phenols is 1. The maximum atomic E-state index is 13.1. The molecule has 0 saturated carbocycles. The van der Waals surface area contributed by atoms with Gasteiger partial charge in [-0.3, -0.25) is 14.4 Å². The van der Waals surface area contributed by atoms with Crippen molar-refractivity contribution in [3.63, 3.8) is 0 Å². The van der Waals surface area contributed by atoms with Gasteiger partial charge in [0, 0.05) is 26.3 Å². The predicted octanol–water partition coefficient (Wildman–Crippen LogP) is 1.95. The number of thiol groups is 2. The van der Waals surface area contributed by atoms with Crippen LogP contribution in [-0.2, 0) is 0 Å². The predicted molar refractivity (Wildman–Crippen MR) is 108 cm³/mol. The number of aromatic hydroxyl groups is 1. The number of rotatable bonds is 1. The van der Waals surface area contributed by atoms with E-state index >= 15 is 0 Å². The first-order valence-corrected chi connectivity index (χ1v) is 8.74. The van der Waals surface area contributed by atoms with Crippen molar-refractivity contribution in [1.29, 1.82) is 5.41 Å². The minimum Gasteiger partial charge on any atom is -0.507 e. The second-order valence-electron chi connectivity index (χ2n) is 6.11. The van der Waals surface area contributed by atoms with Crippen molar-refractivity contribution < 1.29 is 5.11 Å². The zero-order valence-electron chi connectivity index (χ0n) is 13.6. The van der Waals surface area contributed by atoms with Gasteiger partial charge in [0.25, 0.3) is 0 Å². The van der Waals surface area contributed by atoms with Crippen LogP contribution in [0, 0.1) is 15.8 Å². The van der Waals surface area contributed by atoms with Gasteiger partial charge in [-0.25, -0.2) is 0 Å². The van der Waals surface area contributed by atoms with E-state index in [1.165, 1.54) is 24.3 Å². The number of nitrogens with one attached hydrogen (secondary N) is 1. The maximum absolute atomic E-state index is 13.1. The van der Waals surface area contributed by atoms with Gasteiger partial charge >= 0.3 is 0 Å². The van der Waals surface area contributed by atoms with Crippen LogP contribution < -0.4 is 21.6 Å². The molecule has 0 aromatic heterocycles. The summed E-state index contributed by atoms with van der Waals surface area (Å²) in [5.74, 6) is -0.375. The molecule has 0 spiro atoms. The first kappa shape index (κ1) is 17.5. The van der Waals surface area contributed by atoms with Gasteiger partial charge < -0.3 is 10.5 Å². The third-order valence-electron chi connectivity index (χ3n) is 4.52. The molecule has 0 bridgehead atoms. The van der Waals surface area contributed by atoms with Crippen LogP contribution in [0.3, 0.4) is 0 Å². The fraction of sp³-hybridized carbons (Fsp3) is 0. The maximum Gasteiger partial charge on any atom is 0.202 e. The van der Waals surface area contributed by atoms with Crippen LogP contribution in [0.25, 0.3) is 21.9 Å². The van der Waals surface area contributed by atoms with Gasteiger partial charge in [0.1, 0.15) is 5.75 Å². The van der Waals surface area contributed by atoms with E-state index in [0.29, 0.717) is 15.4 Å². The molecule has 2 aromatic carbocycles. The van der Waals surface area contributed by atoms with Crippen molar-refractivity contribution in [2.24, 2.45) is 0 Å². The Morgan fingerprint density at radius 3 is 2.30 bits per heavy atom. The van der Waals surface area contributed by atoms with Crippen molar-refractivity contribution in [3.8, 4) is 16.9 Å². The Balaban J connectivity index is 2.35. The van der Waals surface area contributed by atoms with Gasteiger partial charge in [-0.05, 0) is 30.3 Å². The number of hydrogen-bond acceptors (Lipinski definition) is 7. The molecule has 4 rings (SSSR count). The summed E-state index contributed by atoms with van der Waals surface area (Å²) in [6.45, 7) is 0. The van der Waals surface area contributed by atoms with Crippen molar-refractivity contribution in [2.75, 3.05) is 0 Å². The van der Waals surface area contributed by atoms with Crippen LogP contribution in [0.1, 0.15) is 0 Å². The molecule has 2 aromatic rings. The Kier molecular flexibility index (Phi) is 3.94. The molecule has 2 N–H and O–H groups in total. The Bertz CT molecular complexity index is 1540. The SMILES string of the molecule is N=c1cc(-c2cc(S)ccc2S)c(=O)c2c(=O)c3c(O)cccc3c(=O)c1=2. The third-order valence-corrected chi connectivity index (χ3v) is 5.19. The number of hydrogen-bond donors (Lipinski definition) is 4. The Hall–Kier alpha value is -2.90. The average molecular weight is 393 g/mol. The van der Waals surface area contributed by atoms with Crippen molar-refractivity contribution in [2.45, 2.75) is 9.79 Å². The highest BCUT2D eigenvalue weighted by Gasteiger charge is 2.18. The summed E-state index contributed by atoms with van der Waals surface area (Å²) in [4.78, 5) is 39.9. The second-order valence-corrected chi connectivity index (χ2v) is 7.11. The molecule has 5 nitrogen and oxygen atoms in total. The fourth-order valence-electron chi connectivity index (χ4n) is 3.28. The fourth-order valence-corrected chi connectivity index (χ4v) is 3.75. The molecule has 7 heteroatoms. The topological polar surface area (TPSA) is 95.3 Å². The normalized spacial score (nSPS) is 11.3. The van der Waals surface area contributed by atoms with Gasteiger partial charge in [-0.1, -0.05) is 12.1 Å². The molecule has 0 fully saturated rings. The lowest BCUT2D eigenvalue weighted by Crippen LogP contribution is -2.29. The highest BCUT2D eigenvalue weighted by atomic mass is 32.1. The van der Waals surface area contributed by atoms with Crippen LogP contribution >= 0.6 is 25.3 Å². The lowest BCUT2D eigenvalue weighted by atomic mass is 9.98. The van der Waals surface area contributed by atoms with Gasteiger partial charge in [0.2, 0.25) is 5.43 Å². The largest absolute Gasteiger partial charge is 0.507 e. The zero-order valence-corrected chi connectivity index (χ0v) is 15.4. The molecule has 0 unspecified atom stereocenters. The molecule has 27 heavy (non-hydrogen) atoms. The first-order chi connectivity index (χ1) is 12.8. The molecular weight excluding hydrogens is 382 g/mol. The van der Waals surface area contributed by atoms with Crippen molar-refractivity contribution in [3.05, 3.63) is 88.9 Å². The van der Waals surface area contributed by atoms with Crippen LogP contribution in [0.15, 0.2) is 66.6 Å². The average Bonchev–Trinajstić information content (AvgIpc) is 2.63. The summed E-state index contributed by atoms with van der Waals surface area (Å²) in [6, 6.07) is 10.3. The third kappa shape index (κ3) is 2.50. The molecule has 132 valence electrons. The van der Waals surface area contributed by atoms with Crippen LogP contribution in [0.2, 0.25) is 0 Å². The van der Waals surface area contributed by atoms with E-state index in [2.05, 4.69) is 25.3 Å². The van der Waals surface area contributed by atoms with Crippen molar-refractivity contribution >= 4 is 36.0 Å². The number of phenolic OH excluding ortho intramolecular Hbond substituents is 1. The van der Waals surface area contributed by atoms with Gasteiger partial charge in [0.15, 0.2) is 10.9 Å². The van der Waals surface area contributed by atoms with Crippen LogP contribution in [-0.4, -0.2) is 5.11 Å². The smallest absolute Gasteiger partial charge is 0.202 e. The zero-order chi connectivity index (χ0) is 19.5. The molecular formula is C20H11NO4S2. The summed E-state index contributed by atoms with van der Waals surface area (Å²) < 4.78 is 0. The molecule has 0 aliphatic heterocycles. The molecule has 0 atom stereocenters. The van der Waals surface area contributed by atoms with E-state index in [4.69, 9.17) is 5.41 Å². The van der Waals surface area contributed by atoms with E-state index in [-0.39, 0.29) is 32.7 Å². The van der Waals surface area contributed by atoms with Gasteiger partial charge in [0.05, 0.1) is 21.2 Å². The quantitative estimate of drug-likeness (QED) is 0.372. The highest BCUT2D eigenvalue weighted by Crippen LogP contribution is 2.26. The molecule has 2 aliphatic carbocycles. The molecule has 2 aliphatic rings. The van der Waals surface area contributed by atoms with E-state index in [9.17, 15) is 19.5 Å². The summed E-state index contributed by atoms with van der Waals surface area (Å²) in [6.07, 6.45) is 0. The van der Waals surface area contributed by atoms with Gasteiger partial charge in [-0.15, -0.1) is 25.3 Å². The Labute approximate surface area is 162 Å². The standard InChI is InChI=1S/C20H11NO4S2/c21-12-7-11(10-6-8(26)4-5-14(10)27)19(24)17-16(12)18(23)9-2-1-3-13(22)15(9)20(17)25/h1-7,21-22,26-27H. The van der Waals surface area contributed by atoms with Crippen molar-refractivity contribution in [1.82, 2.24) is 0 Å². The van der Waals surface area contributed by atoms with E-state index in [0.717, 1.165) is 0 Å². The van der Waals surface area contributed by atoms with E-state index in [1.54, 1.807) is 18.2 Å². The first-order valence-electron chi connectivity index (χ1n) is 7.84. The minimum atomic E-state index is -0.763. The molecule has 0 saturated heterocycles. The lowest BCUT2D eigenvalue weighted by Gasteiger charge is -2.07. The summed E-state index contributed by atoms with van der Waals surface area (Å²) in [5.41, 5.74) is -1.57. The lowest BCUT2D eigenvalue weighted by molar-refractivity contribution is 0.481. The Morgan fingerprint density at radius 2 is 1.56 bits per heavy atom. The number of benzene rings is 2. The van der Waals surface area contributed by atoms with Gasteiger partial charge in [-0.2, -0.15) is 0 Å². The monoisotopic (exact) mass is 393 g/mol.